The lowest BCUT2D eigenvalue weighted by Crippen LogP contribution is -2.48. The first-order valence-electron chi connectivity index (χ1n) is 9.40. The van der Waals surface area contributed by atoms with Crippen LogP contribution in [0.15, 0.2) is 48.5 Å². The third kappa shape index (κ3) is 4.29. The van der Waals surface area contributed by atoms with Gasteiger partial charge in [-0.1, -0.05) is 43.7 Å². The monoisotopic (exact) mass is 419 g/mol. The van der Waals surface area contributed by atoms with Gasteiger partial charge < -0.3 is 10.6 Å². The molecule has 30 heavy (non-hydrogen) atoms. The molecule has 3 amide bonds. The van der Waals surface area contributed by atoms with E-state index in [1.54, 1.807) is 29.6 Å². The maximum atomic E-state index is 13.5. The van der Waals surface area contributed by atoms with E-state index in [9.17, 15) is 27.6 Å². The van der Waals surface area contributed by atoms with E-state index in [0.29, 0.717) is 24.1 Å². The Morgan fingerprint density at radius 3 is 2.50 bits per heavy atom. The molecule has 2 aromatic rings. The SMILES string of the molecule is CCCC1C(=O)NCc2ccccc2N1C(=O)c1ccccc1NC(=O)C(F)(F)F. The highest BCUT2D eigenvalue weighted by Crippen LogP contribution is 2.31. The van der Waals surface area contributed by atoms with Crippen molar-refractivity contribution in [2.24, 2.45) is 0 Å². The van der Waals surface area contributed by atoms with Gasteiger partial charge in [0.15, 0.2) is 0 Å². The van der Waals surface area contributed by atoms with Gasteiger partial charge in [-0.3, -0.25) is 19.3 Å². The van der Waals surface area contributed by atoms with Gasteiger partial charge in [0.1, 0.15) is 6.04 Å². The molecule has 6 nitrogen and oxygen atoms in total. The molecule has 3 rings (SSSR count). The molecule has 0 fully saturated rings. The molecule has 0 spiro atoms. The fourth-order valence-electron chi connectivity index (χ4n) is 3.37. The maximum absolute atomic E-state index is 13.5. The summed E-state index contributed by atoms with van der Waals surface area (Å²) >= 11 is 0. The Labute approximate surface area is 171 Å². The molecule has 1 unspecified atom stereocenters. The number of nitrogens with zero attached hydrogens (tertiary/aromatic N) is 1. The van der Waals surface area contributed by atoms with Gasteiger partial charge in [0.25, 0.3) is 5.91 Å². The molecule has 1 aliphatic heterocycles. The van der Waals surface area contributed by atoms with Gasteiger partial charge in [0, 0.05) is 12.2 Å². The number of anilines is 2. The first kappa shape index (κ1) is 21.4. The van der Waals surface area contributed by atoms with Crippen molar-refractivity contribution in [3.63, 3.8) is 0 Å². The summed E-state index contributed by atoms with van der Waals surface area (Å²) in [5.41, 5.74) is 0.786. The Morgan fingerprint density at radius 1 is 1.13 bits per heavy atom. The van der Waals surface area contributed by atoms with Gasteiger partial charge in [-0.05, 0) is 30.2 Å². The highest BCUT2D eigenvalue weighted by Gasteiger charge is 2.40. The third-order valence-corrected chi connectivity index (χ3v) is 4.76. The zero-order valence-electron chi connectivity index (χ0n) is 16.1. The summed E-state index contributed by atoms with van der Waals surface area (Å²) in [7, 11) is 0. The molecule has 1 heterocycles. The molecule has 2 aromatic carbocycles. The van der Waals surface area contributed by atoms with Crippen LogP contribution >= 0.6 is 0 Å². The molecule has 0 bridgehead atoms. The first-order valence-corrected chi connectivity index (χ1v) is 9.40. The van der Waals surface area contributed by atoms with Crippen molar-refractivity contribution < 1.29 is 27.6 Å². The van der Waals surface area contributed by atoms with Crippen LogP contribution < -0.4 is 15.5 Å². The fourth-order valence-corrected chi connectivity index (χ4v) is 3.37. The molecular weight excluding hydrogens is 399 g/mol. The number of amides is 3. The predicted octanol–water partition coefficient (Wildman–Crippen LogP) is 3.63. The van der Waals surface area contributed by atoms with E-state index < -0.39 is 24.0 Å². The Kier molecular flexibility index (Phi) is 6.09. The molecule has 0 aromatic heterocycles. The van der Waals surface area contributed by atoms with Crippen molar-refractivity contribution in [2.45, 2.75) is 38.5 Å². The maximum Gasteiger partial charge on any atom is 0.471 e. The number of benzene rings is 2. The first-order chi connectivity index (χ1) is 14.2. The number of halogens is 3. The van der Waals surface area contributed by atoms with E-state index in [4.69, 9.17) is 0 Å². The number of nitrogens with one attached hydrogen (secondary N) is 2. The van der Waals surface area contributed by atoms with Gasteiger partial charge in [0.05, 0.1) is 11.3 Å². The van der Waals surface area contributed by atoms with Crippen LogP contribution in [0.1, 0.15) is 35.7 Å². The topological polar surface area (TPSA) is 78.5 Å². The van der Waals surface area contributed by atoms with E-state index in [0.717, 1.165) is 0 Å². The van der Waals surface area contributed by atoms with Crippen LogP contribution in [0, 0.1) is 0 Å². The lowest BCUT2D eigenvalue weighted by molar-refractivity contribution is -0.167. The summed E-state index contributed by atoms with van der Waals surface area (Å²) in [6, 6.07) is 11.5. The molecule has 158 valence electrons. The standard InChI is InChI=1S/C21H20F3N3O3/c1-2-7-17-18(28)25-12-13-8-3-6-11-16(13)27(17)19(29)14-9-4-5-10-15(14)26-20(30)21(22,23)24/h3-6,8-11,17H,2,7,12H2,1H3,(H,25,28)(H,26,30). The lowest BCUT2D eigenvalue weighted by Gasteiger charge is -2.30. The van der Waals surface area contributed by atoms with Crippen LogP contribution in [0.2, 0.25) is 0 Å². The lowest BCUT2D eigenvalue weighted by atomic mass is 10.0. The second kappa shape index (κ2) is 8.56. The predicted molar refractivity (Wildman–Crippen MR) is 105 cm³/mol. The Balaban J connectivity index is 2.08. The zero-order valence-corrected chi connectivity index (χ0v) is 16.1. The summed E-state index contributed by atoms with van der Waals surface area (Å²) < 4.78 is 38.2. The largest absolute Gasteiger partial charge is 0.471 e. The van der Waals surface area contributed by atoms with E-state index >= 15 is 0 Å². The molecule has 1 atom stereocenters. The number of hydrogen-bond donors (Lipinski definition) is 2. The molecule has 2 N–H and O–H groups in total. The number of fused-ring (bicyclic) bond motifs is 1. The molecular formula is C21H20F3N3O3. The number of carbonyl (C=O) groups excluding carboxylic acids is 3. The average Bonchev–Trinajstić information content (AvgIpc) is 2.85. The van der Waals surface area contributed by atoms with Crippen molar-refractivity contribution in [3.05, 3.63) is 59.7 Å². The quantitative estimate of drug-likeness (QED) is 0.795. The van der Waals surface area contributed by atoms with Crippen LogP contribution in [0.5, 0.6) is 0 Å². The van der Waals surface area contributed by atoms with Crippen molar-refractivity contribution in [3.8, 4) is 0 Å². The van der Waals surface area contributed by atoms with E-state index in [-0.39, 0.29) is 23.7 Å². The summed E-state index contributed by atoms with van der Waals surface area (Å²) in [6.45, 7) is 2.09. The van der Waals surface area contributed by atoms with Crippen LogP contribution in [-0.2, 0) is 16.1 Å². The highest BCUT2D eigenvalue weighted by molar-refractivity contribution is 6.14. The Hall–Kier alpha value is -3.36. The minimum absolute atomic E-state index is 0.138. The Morgan fingerprint density at radius 2 is 1.80 bits per heavy atom. The number of carbonyl (C=O) groups is 3. The van der Waals surface area contributed by atoms with E-state index in [1.165, 1.54) is 29.2 Å². The number of para-hydroxylation sites is 2. The van der Waals surface area contributed by atoms with Gasteiger partial charge >= 0.3 is 12.1 Å². The fraction of sp³-hybridized carbons (Fsp3) is 0.286. The smallest absolute Gasteiger partial charge is 0.350 e. The number of hydrogen-bond acceptors (Lipinski definition) is 3. The molecule has 0 radical (unpaired) electrons. The minimum Gasteiger partial charge on any atom is -0.350 e. The third-order valence-electron chi connectivity index (χ3n) is 4.76. The minimum atomic E-state index is -5.10. The van der Waals surface area contributed by atoms with Gasteiger partial charge in [0.2, 0.25) is 5.91 Å². The van der Waals surface area contributed by atoms with Crippen molar-refractivity contribution in [1.82, 2.24) is 5.32 Å². The molecule has 1 aliphatic rings. The van der Waals surface area contributed by atoms with E-state index in [2.05, 4.69) is 5.32 Å². The van der Waals surface area contributed by atoms with Crippen LogP contribution in [-0.4, -0.2) is 29.9 Å². The summed E-state index contributed by atoms with van der Waals surface area (Å²) in [4.78, 5) is 38.9. The summed E-state index contributed by atoms with van der Waals surface area (Å²) in [5.74, 6) is -3.20. The van der Waals surface area contributed by atoms with Crippen LogP contribution in [0.3, 0.4) is 0 Å². The van der Waals surface area contributed by atoms with Crippen molar-refractivity contribution in [2.75, 3.05) is 10.2 Å². The van der Waals surface area contributed by atoms with Gasteiger partial charge in [-0.25, -0.2) is 0 Å². The van der Waals surface area contributed by atoms with Crippen LogP contribution in [0.4, 0.5) is 24.5 Å². The van der Waals surface area contributed by atoms with E-state index in [1.807, 2.05) is 6.92 Å². The highest BCUT2D eigenvalue weighted by atomic mass is 19.4. The van der Waals surface area contributed by atoms with Crippen LogP contribution in [0.25, 0.3) is 0 Å². The second-order valence-electron chi connectivity index (χ2n) is 6.82. The molecule has 0 aliphatic carbocycles. The van der Waals surface area contributed by atoms with Crippen molar-refractivity contribution in [1.29, 1.82) is 0 Å². The van der Waals surface area contributed by atoms with Crippen molar-refractivity contribution >= 4 is 29.1 Å². The summed E-state index contributed by atoms with van der Waals surface area (Å²) in [5, 5.41) is 4.54. The Bertz CT molecular complexity index is 975. The zero-order chi connectivity index (χ0) is 21.9. The second-order valence-corrected chi connectivity index (χ2v) is 6.82. The van der Waals surface area contributed by atoms with Gasteiger partial charge in [-0.15, -0.1) is 0 Å². The van der Waals surface area contributed by atoms with Gasteiger partial charge in [-0.2, -0.15) is 13.2 Å². The molecule has 0 saturated carbocycles. The molecule has 0 saturated heterocycles. The average molecular weight is 419 g/mol. The number of alkyl halides is 3. The normalized spacial score (nSPS) is 16.3. The molecule has 9 heteroatoms. The summed E-state index contributed by atoms with van der Waals surface area (Å²) in [6.07, 6.45) is -4.13. The number of rotatable bonds is 4.